The summed E-state index contributed by atoms with van der Waals surface area (Å²) in [5.41, 5.74) is 1.37. The quantitative estimate of drug-likeness (QED) is 0.692. The minimum Gasteiger partial charge on any atom is -0.204 e. The van der Waals surface area contributed by atoms with Crippen LogP contribution in [0.25, 0.3) is 0 Å². The van der Waals surface area contributed by atoms with Crippen LogP contribution in [0, 0.1) is 11.6 Å². The van der Waals surface area contributed by atoms with Crippen LogP contribution in [0.2, 0.25) is 0 Å². The summed E-state index contributed by atoms with van der Waals surface area (Å²) in [5.74, 6) is -1.58. The molecule has 0 nitrogen and oxygen atoms in total. The van der Waals surface area contributed by atoms with E-state index in [0.717, 1.165) is 11.6 Å². The molecule has 0 aliphatic heterocycles. The summed E-state index contributed by atoms with van der Waals surface area (Å²) in [7, 11) is 0. The summed E-state index contributed by atoms with van der Waals surface area (Å²) in [6.07, 6.45) is 0.999. The standard InChI is InChI=1S/C15H13ClF2/c16-13(11-5-2-1-3-6-11)10-9-12-7-4-8-14(17)15(12)18/h1-8,13H,9-10H2. The Bertz CT molecular complexity index is 511. The van der Waals surface area contributed by atoms with E-state index >= 15 is 0 Å². The van der Waals surface area contributed by atoms with Crippen LogP contribution < -0.4 is 0 Å². The number of hydrogen-bond acceptors (Lipinski definition) is 0. The van der Waals surface area contributed by atoms with Crippen LogP contribution in [0.5, 0.6) is 0 Å². The lowest BCUT2D eigenvalue weighted by molar-refractivity contribution is 0.497. The molecule has 0 spiro atoms. The minimum absolute atomic E-state index is 0.186. The molecule has 0 amide bonds. The second-order valence-electron chi connectivity index (χ2n) is 4.13. The van der Waals surface area contributed by atoms with Gasteiger partial charge in [-0.2, -0.15) is 0 Å². The van der Waals surface area contributed by atoms with Crippen molar-refractivity contribution in [1.82, 2.24) is 0 Å². The molecule has 1 atom stereocenters. The summed E-state index contributed by atoms with van der Waals surface area (Å²) in [6.45, 7) is 0. The van der Waals surface area contributed by atoms with Gasteiger partial charge in [0.2, 0.25) is 0 Å². The first-order valence-electron chi connectivity index (χ1n) is 5.80. The van der Waals surface area contributed by atoms with Crippen LogP contribution in [-0.4, -0.2) is 0 Å². The van der Waals surface area contributed by atoms with Gasteiger partial charge < -0.3 is 0 Å². The van der Waals surface area contributed by atoms with E-state index < -0.39 is 11.6 Å². The van der Waals surface area contributed by atoms with Crippen molar-refractivity contribution in [3.8, 4) is 0 Å². The summed E-state index contributed by atoms with van der Waals surface area (Å²) >= 11 is 6.23. The first-order valence-corrected chi connectivity index (χ1v) is 6.24. The Labute approximate surface area is 110 Å². The van der Waals surface area contributed by atoms with Crippen LogP contribution in [0.4, 0.5) is 8.78 Å². The molecule has 0 saturated heterocycles. The zero-order chi connectivity index (χ0) is 13.0. The van der Waals surface area contributed by atoms with Gasteiger partial charge in [0.25, 0.3) is 0 Å². The Morgan fingerprint density at radius 1 is 0.944 bits per heavy atom. The van der Waals surface area contributed by atoms with Gasteiger partial charge >= 0.3 is 0 Å². The highest BCUT2D eigenvalue weighted by Gasteiger charge is 2.11. The highest BCUT2D eigenvalue weighted by Crippen LogP contribution is 2.26. The van der Waals surface area contributed by atoms with E-state index in [1.54, 1.807) is 6.07 Å². The normalized spacial score (nSPS) is 12.4. The Balaban J connectivity index is 2.02. The van der Waals surface area contributed by atoms with Gasteiger partial charge in [0.05, 0.1) is 5.38 Å². The van der Waals surface area contributed by atoms with Gasteiger partial charge in [-0.3, -0.25) is 0 Å². The van der Waals surface area contributed by atoms with E-state index in [1.165, 1.54) is 6.07 Å². The fourth-order valence-corrected chi connectivity index (χ4v) is 2.11. The molecule has 94 valence electrons. The molecular formula is C15H13ClF2. The van der Waals surface area contributed by atoms with Crippen molar-refractivity contribution in [2.45, 2.75) is 18.2 Å². The van der Waals surface area contributed by atoms with Gasteiger partial charge in [-0.05, 0) is 30.0 Å². The van der Waals surface area contributed by atoms with Crippen molar-refractivity contribution in [3.63, 3.8) is 0 Å². The zero-order valence-corrected chi connectivity index (χ0v) is 10.5. The van der Waals surface area contributed by atoms with Crippen LogP contribution in [-0.2, 0) is 6.42 Å². The van der Waals surface area contributed by atoms with Gasteiger partial charge in [-0.15, -0.1) is 11.6 Å². The van der Waals surface area contributed by atoms with E-state index in [9.17, 15) is 8.78 Å². The largest absolute Gasteiger partial charge is 0.204 e. The highest BCUT2D eigenvalue weighted by molar-refractivity contribution is 6.20. The van der Waals surface area contributed by atoms with E-state index in [1.807, 2.05) is 30.3 Å². The average Bonchev–Trinajstić information content (AvgIpc) is 2.41. The number of halogens is 3. The van der Waals surface area contributed by atoms with Crippen LogP contribution in [0.15, 0.2) is 48.5 Å². The molecule has 3 heteroatoms. The predicted octanol–water partition coefficient (Wildman–Crippen LogP) is 4.88. The van der Waals surface area contributed by atoms with Crippen molar-refractivity contribution >= 4 is 11.6 Å². The highest BCUT2D eigenvalue weighted by atomic mass is 35.5. The molecule has 0 aliphatic carbocycles. The van der Waals surface area contributed by atoms with E-state index in [4.69, 9.17) is 11.6 Å². The summed E-state index contributed by atoms with van der Waals surface area (Å²) in [4.78, 5) is 0. The third-order valence-corrected chi connectivity index (χ3v) is 3.33. The van der Waals surface area contributed by atoms with E-state index in [0.29, 0.717) is 18.4 Å². The molecule has 0 saturated carbocycles. The van der Waals surface area contributed by atoms with Gasteiger partial charge in [-0.25, -0.2) is 8.78 Å². The third-order valence-electron chi connectivity index (χ3n) is 2.86. The van der Waals surface area contributed by atoms with Gasteiger partial charge in [0.15, 0.2) is 11.6 Å². The maximum atomic E-state index is 13.4. The van der Waals surface area contributed by atoms with Crippen molar-refractivity contribution in [2.75, 3.05) is 0 Å². The van der Waals surface area contributed by atoms with Crippen molar-refractivity contribution < 1.29 is 8.78 Å². The molecule has 0 aliphatic rings. The monoisotopic (exact) mass is 266 g/mol. The Hall–Kier alpha value is -1.41. The fraction of sp³-hybridized carbons (Fsp3) is 0.200. The summed E-state index contributed by atoms with van der Waals surface area (Å²) < 4.78 is 26.5. The molecule has 0 heterocycles. The van der Waals surface area contributed by atoms with Gasteiger partial charge in [0.1, 0.15) is 0 Å². The number of benzene rings is 2. The lowest BCUT2D eigenvalue weighted by Gasteiger charge is -2.10. The second kappa shape index (κ2) is 5.96. The molecule has 2 aromatic rings. The van der Waals surface area contributed by atoms with Crippen LogP contribution in [0.3, 0.4) is 0 Å². The molecule has 0 aromatic heterocycles. The summed E-state index contributed by atoms with van der Waals surface area (Å²) in [5, 5.41) is -0.186. The fourth-order valence-electron chi connectivity index (χ4n) is 1.85. The lowest BCUT2D eigenvalue weighted by Crippen LogP contribution is -1.98. The van der Waals surface area contributed by atoms with Crippen molar-refractivity contribution in [2.24, 2.45) is 0 Å². The molecular weight excluding hydrogens is 254 g/mol. The average molecular weight is 267 g/mol. The number of aryl methyl sites for hydroxylation is 1. The minimum atomic E-state index is -0.807. The first kappa shape index (κ1) is 13.0. The first-order chi connectivity index (χ1) is 8.68. The molecule has 2 rings (SSSR count). The lowest BCUT2D eigenvalue weighted by atomic mass is 10.0. The third kappa shape index (κ3) is 3.08. The maximum absolute atomic E-state index is 13.4. The summed E-state index contributed by atoms with van der Waals surface area (Å²) in [6, 6.07) is 13.8. The van der Waals surface area contributed by atoms with Crippen LogP contribution in [0.1, 0.15) is 22.9 Å². The number of rotatable bonds is 4. The Morgan fingerprint density at radius 2 is 1.67 bits per heavy atom. The molecule has 2 aromatic carbocycles. The Morgan fingerprint density at radius 3 is 2.39 bits per heavy atom. The second-order valence-corrected chi connectivity index (χ2v) is 4.66. The molecule has 0 radical (unpaired) electrons. The topological polar surface area (TPSA) is 0 Å². The number of hydrogen-bond donors (Lipinski definition) is 0. The SMILES string of the molecule is Fc1cccc(CCC(Cl)c2ccccc2)c1F. The van der Waals surface area contributed by atoms with Gasteiger partial charge in [-0.1, -0.05) is 42.5 Å². The van der Waals surface area contributed by atoms with E-state index in [-0.39, 0.29) is 5.38 Å². The smallest absolute Gasteiger partial charge is 0.162 e. The molecule has 0 fully saturated rings. The van der Waals surface area contributed by atoms with Crippen molar-refractivity contribution in [3.05, 3.63) is 71.3 Å². The number of alkyl halides is 1. The van der Waals surface area contributed by atoms with Crippen molar-refractivity contribution in [1.29, 1.82) is 0 Å². The van der Waals surface area contributed by atoms with Gasteiger partial charge in [0, 0.05) is 0 Å². The zero-order valence-electron chi connectivity index (χ0n) is 9.74. The molecule has 0 bridgehead atoms. The van der Waals surface area contributed by atoms with Crippen LogP contribution >= 0.6 is 11.6 Å². The predicted molar refractivity (Wildman–Crippen MR) is 69.7 cm³/mol. The van der Waals surface area contributed by atoms with E-state index in [2.05, 4.69) is 0 Å². The molecule has 18 heavy (non-hydrogen) atoms. The molecule has 0 N–H and O–H groups in total. The Kier molecular flexibility index (Phi) is 4.32. The maximum Gasteiger partial charge on any atom is 0.162 e. The molecule has 1 unspecified atom stereocenters.